The molecular weight excluding hydrogens is 275 g/mol. The van der Waals surface area contributed by atoms with Crippen LogP contribution in [0.4, 0.5) is 4.39 Å². The van der Waals surface area contributed by atoms with Gasteiger partial charge in [0, 0.05) is 17.8 Å². The third kappa shape index (κ3) is 3.42. The Bertz CT molecular complexity index is 751. The zero-order valence-corrected chi connectivity index (χ0v) is 10.7. The first-order chi connectivity index (χ1) is 10.1. The second kappa shape index (κ2) is 6.30. The van der Waals surface area contributed by atoms with Crippen molar-refractivity contribution in [2.45, 2.75) is 0 Å². The van der Waals surface area contributed by atoms with Gasteiger partial charge in [0.15, 0.2) is 0 Å². The number of halogens is 1. The minimum Gasteiger partial charge on any atom is -0.478 e. The molecule has 1 aromatic heterocycles. The second-order valence-corrected chi connectivity index (χ2v) is 3.90. The van der Waals surface area contributed by atoms with Gasteiger partial charge in [0.05, 0.1) is 0 Å². The van der Waals surface area contributed by atoms with E-state index in [2.05, 4.69) is 4.98 Å². The lowest BCUT2D eigenvalue weighted by molar-refractivity contribution is -0.131. The van der Waals surface area contributed by atoms with Gasteiger partial charge in [-0.05, 0) is 30.3 Å². The van der Waals surface area contributed by atoms with Crippen molar-refractivity contribution >= 4 is 12.0 Å². The van der Waals surface area contributed by atoms with Crippen LogP contribution in [0.1, 0.15) is 11.1 Å². The van der Waals surface area contributed by atoms with E-state index in [0.29, 0.717) is 5.56 Å². The van der Waals surface area contributed by atoms with Gasteiger partial charge in [-0.1, -0.05) is 6.07 Å². The molecule has 5 nitrogen and oxygen atoms in total. The van der Waals surface area contributed by atoms with Crippen molar-refractivity contribution in [1.82, 2.24) is 4.98 Å². The van der Waals surface area contributed by atoms with Crippen molar-refractivity contribution in [3.63, 3.8) is 0 Å². The van der Waals surface area contributed by atoms with Gasteiger partial charge in [0.1, 0.15) is 23.2 Å². The molecule has 0 atom stereocenters. The predicted octanol–water partition coefficient (Wildman–Crippen LogP) is 2.98. The first-order valence-corrected chi connectivity index (χ1v) is 5.84. The molecule has 0 bridgehead atoms. The Balaban J connectivity index is 2.39. The number of hydrogen-bond donors (Lipinski definition) is 1. The summed E-state index contributed by atoms with van der Waals surface area (Å²) in [6, 6.07) is 8.89. The van der Waals surface area contributed by atoms with E-state index in [4.69, 9.17) is 15.1 Å². The van der Waals surface area contributed by atoms with Crippen molar-refractivity contribution in [3.8, 4) is 17.7 Å². The van der Waals surface area contributed by atoms with Gasteiger partial charge < -0.3 is 9.84 Å². The molecule has 0 radical (unpaired) electrons. The van der Waals surface area contributed by atoms with E-state index in [1.54, 1.807) is 18.2 Å². The zero-order chi connectivity index (χ0) is 15.2. The molecule has 0 aliphatic carbocycles. The number of benzene rings is 1. The average Bonchev–Trinajstić information content (AvgIpc) is 2.46. The van der Waals surface area contributed by atoms with Gasteiger partial charge in [0.25, 0.3) is 0 Å². The van der Waals surface area contributed by atoms with Gasteiger partial charge in [-0.15, -0.1) is 0 Å². The van der Waals surface area contributed by atoms with E-state index in [1.165, 1.54) is 24.4 Å². The molecule has 2 rings (SSSR count). The number of aromatic nitrogens is 1. The largest absolute Gasteiger partial charge is 0.478 e. The third-order valence-electron chi connectivity index (χ3n) is 2.50. The molecule has 0 aliphatic heterocycles. The molecular formula is C15H9FN2O3. The summed E-state index contributed by atoms with van der Waals surface area (Å²) >= 11 is 0. The maximum absolute atomic E-state index is 13.5. The smallest absolute Gasteiger partial charge is 0.328 e. The highest BCUT2D eigenvalue weighted by Gasteiger charge is 2.12. The van der Waals surface area contributed by atoms with Crippen LogP contribution in [0.5, 0.6) is 11.6 Å². The van der Waals surface area contributed by atoms with Crippen molar-refractivity contribution in [1.29, 1.82) is 5.26 Å². The summed E-state index contributed by atoms with van der Waals surface area (Å²) in [5.74, 6) is -1.72. The summed E-state index contributed by atoms with van der Waals surface area (Å²) in [5, 5.41) is 17.6. The van der Waals surface area contributed by atoms with Crippen LogP contribution in [-0.2, 0) is 4.79 Å². The van der Waals surface area contributed by atoms with Crippen molar-refractivity contribution in [2.75, 3.05) is 0 Å². The molecule has 0 spiro atoms. The zero-order valence-electron chi connectivity index (χ0n) is 10.7. The summed E-state index contributed by atoms with van der Waals surface area (Å²) in [6.45, 7) is 0. The molecule has 0 saturated heterocycles. The molecule has 0 amide bonds. The van der Waals surface area contributed by atoms with E-state index in [0.717, 1.165) is 12.1 Å². The first-order valence-electron chi connectivity index (χ1n) is 5.84. The van der Waals surface area contributed by atoms with Crippen LogP contribution < -0.4 is 4.74 Å². The number of carboxylic acids is 1. The monoisotopic (exact) mass is 284 g/mol. The van der Waals surface area contributed by atoms with Gasteiger partial charge in [-0.2, -0.15) is 5.26 Å². The van der Waals surface area contributed by atoms with Crippen LogP contribution in [0, 0.1) is 17.1 Å². The number of aliphatic carboxylic acids is 1. The fourth-order valence-corrected chi connectivity index (χ4v) is 1.58. The molecule has 6 heteroatoms. The van der Waals surface area contributed by atoms with E-state index in [1.807, 2.05) is 0 Å². The topological polar surface area (TPSA) is 83.2 Å². The number of carboxylic acid groups (broad SMARTS) is 1. The molecule has 1 heterocycles. The summed E-state index contributed by atoms with van der Waals surface area (Å²) in [6.07, 6.45) is 3.68. The highest BCUT2D eigenvalue weighted by molar-refractivity contribution is 5.85. The van der Waals surface area contributed by atoms with Crippen molar-refractivity contribution < 1.29 is 19.0 Å². The molecule has 0 unspecified atom stereocenters. The van der Waals surface area contributed by atoms with E-state index >= 15 is 0 Å². The molecule has 0 saturated carbocycles. The number of carbonyl (C=O) groups is 1. The number of hydrogen-bond acceptors (Lipinski definition) is 4. The Kier molecular flexibility index (Phi) is 4.26. The van der Waals surface area contributed by atoms with Gasteiger partial charge in [-0.3, -0.25) is 0 Å². The summed E-state index contributed by atoms with van der Waals surface area (Å²) in [5.41, 5.74) is 0.157. The number of nitriles is 1. The summed E-state index contributed by atoms with van der Waals surface area (Å²) in [7, 11) is 0. The lowest BCUT2D eigenvalue weighted by Crippen LogP contribution is -1.95. The standard InChI is InChI=1S/C15H9FN2O3/c16-12-4-1-5-13(11(12)9-17)21-15-10(3-2-8-18-15)6-7-14(19)20/h1-8H,(H,19,20)/b7-6+. The number of pyridine rings is 1. The summed E-state index contributed by atoms with van der Waals surface area (Å²) < 4.78 is 18.9. The second-order valence-electron chi connectivity index (χ2n) is 3.90. The van der Waals surface area contributed by atoms with Crippen LogP contribution in [0.25, 0.3) is 6.08 Å². The van der Waals surface area contributed by atoms with Crippen LogP contribution in [0.2, 0.25) is 0 Å². The van der Waals surface area contributed by atoms with Gasteiger partial charge >= 0.3 is 5.97 Å². The maximum atomic E-state index is 13.5. The Morgan fingerprint density at radius 2 is 2.19 bits per heavy atom. The van der Waals surface area contributed by atoms with Crippen LogP contribution in [0.15, 0.2) is 42.6 Å². The highest BCUT2D eigenvalue weighted by Crippen LogP contribution is 2.28. The lowest BCUT2D eigenvalue weighted by Gasteiger charge is -2.08. The van der Waals surface area contributed by atoms with Crippen LogP contribution in [0.3, 0.4) is 0 Å². The number of ether oxygens (including phenoxy) is 1. The fourth-order valence-electron chi connectivity index (χ4n) is 1.58. The SMILES string of the molecule is N#Cc1c(F)cccc1Oc1ncccc1/C=C/C(=O)O. The number of nitrogens with zero attached hydrogens (tertiary/aromatic N) is 2. The van der Waals surface area contributed by atoms with Crippen LogP contribution in [-0.4, -0.2) is 16.1 Å². The molecule has 21 heavy (non-hydrogen) atoms. The van der Waals surface area contributed by atoms with Gasteiger partial charge in [-0.25, -0.2) is 14.2 Å². The van der Waals surface area contributed by atoms with E-state index in [-0.39, 0.29) is 17.2 Å². The molecule has 0 aliphatic rings. The fraction of sp³-hybridized carbons (Fsp3) is 0. The minimum atomic E-state index is -1.12. The van der Waals surface area contributed by atoms with E-state index in [9.17, 15) is 9.18 Å². The minimum absolute atomic E-state index is 0.0150. The Labute approximate surface area is 119 Å². The molecule has 0 fully saturated rings. The Morgan fingerprint density at radius 3 is 2.90 bits per heavy atom. The maximum Gasteiger partial charge on any atom is 0.328 e. The third-order valence-corrected chi connectivity index (χ3v) is 2.50. The highest BCUT2D eigenvalue weighted by atomic mass is 19.1. The van der Waals surface area contributed by atoms with E-state index < -0.39 is 11.8 Å². The number of rotatable bonds is 4. The van der Waals surface area contributed by atoms with Crippen molar-refractivity contribution in [3.05, 3.63) is 59.5 Å². The molecule has 2 aromatic rings. The Hall–Kier alpha value is -3.20. The summed E-state index contributed by atoms with van der Waals surface area (Å²) in [4.78, 5) is 14.5. The molecule has 104 valence electrons. The normalized spacial score (nSPS) is 10.3. The first kappa shape index (κ1) is 14.2. The van der Waals surface area contributed by atoms with Gasteiger partial charge in [0.2, 0.25) is 5.88 Å². The average molecular weight is 284 g/mol. The van der Waals surface area contributed by atoms with Crippen molar-refractivity contribution in [2.24, 2.45) is 0 Å². The van der Waals surface area contributed by atoms with Crippen LogP contribution >= 0.6 is 0 Å². The quantitative estimate of drug-likeness (QED) is 0.872. The Morgan fingerprint density at radius 1 is 1.38 bits per heavy atom. The predicted molar refractivity (Wildman–Crippen MR) is 72.1 cm³/mol. The molecule has 1 N–H and O–H groups in total. The molecule has 1 aromatic carbocycles. The lowest BCUT2D eigenvalue weighted by atomic mass is 10.2.